The number of carbonyl (C=O) groups excluding carboxylic acids is 2. The van der Waals surface area contributed by atoms with Crippen LogP contribution in [0.4, 0.5) is 0 Å². The third kappa shape index (κ3) is 15.4. The van der Waals surface area contributed by atoms with Gasteiger partial charge < -0.3 is 9.47 Å². The first kappa shape index (κ1) is 21.7. The lowest BCUT2D eigenvalue weighted by molar-refractivity contribution is -0.146. The van der Waals surface area contributed by atoms with Crippen LogP contribution < -0.4 is 0 Å². The molecule has 0 bridgehead atoms. The number of hydrogen-bond donors (Lipinski definition) is 0. The SMILES string of the molecule is CCCOC(=O)CCCCC(=O)OCCC(C)CCC=C(C)C. The van der Waals surface area contributed by atoms with Crippen molar-refractivity contribution in [2.24, 2.45) is 5.92 Å². The molecule has 0 heterocycles. The monoisotopic (exact) mass is 326 g/mol. The molecule has 1 atom stereocenters. The summed E-state index contributed by atoms with van der Waals surface area (Å²) in [5, 5.41) is 0. The molecule has 0 radical (unpaired) electrons. The average Bonchev–Trinajstić information content (AvgIpc) is 2.49. The lowest BCUT2D eigenvalue weighted by Gasteiger charge is -2.10. The normalized spacial score (nSPS) is 11.7. The summed E-state index contributed by atoms with van der Waals surface area (Å²) in [5.74, 6) is 0.223. The van der Waals surface area contributed by atoms with Gasteiger partial charge in [0.2, 0.25) is 0 Å². The summed E-state index contributed by atoms with van der Waals surface area (Å²) in [6, 6.07) is 0. The highest BCUT2D eigenvalue weighted by atomic mass is 16.5. The van der Waals surface area contributed by atoms with Crippen LogP contribution in [0.3, 0.4) is 0 Å². The maximum Gasteiger partial charge on any atom is 0.305 e. The van der Waals surface area contributed by atoms with Gasteiger partial charge in [-0.05, 0) is 58.3 Å². The van der Waals surface area contributed by atoms with Gasteiger partial charge in [0.25, 0.3) is 0 Å². The lowest BCUT2D eigenvalue weighted by atomic mass is 10.0. The number of esters is 2. The summed E-state index contributed by atoms with van der Waals surface area (Å²) in [6.45, 7) is 9.34. The number of unbranched alkanes of at least 4 members (excludes halogenated alkanes) is 1. The second kappa shape index (κ2) is 14.3. The fourth-order valence-electron chi connectivity index (χ4n) is 2.07. The van der Waals surface area contributed by atoms with Gasteiger partial charge in [-0.1, -0.05) is 25.5 Å². The van der Waals surface area contributed by atoms with Crippen LogP contribution in [0.5, 0.6) is 0 Å². The molecule has 0 aromatic heterocycles. The number of carbonyl (C=O) groups is 2. The largest absolute Gasteiger partial charge is 0.466 e. The molecular weight excluding hydrogens is 292 g/mol. The Hall–Kier alpha value is -1.32. The van der Waals surface area contributed by atoms with Crippen molar-refractivity contribution < 1.29 is 19.1 Å². The molecule has 0 N–H and O–H groups in total. The predicted molar refractivity (Wildman–Crippen MR) is 93.1 cm³/mol. The summed E-state index contributed by atoms with van der Waals surface area (Å²) >= 11 is 0. The molecular formula is C19H34O4. The second-order valence-corrected chi connectivity index (χ2v) is 6.40. The maximum atomic E-state index is 11.6. The van der Waals surface area contributed by atoms with E-state index in [1.807, 2.05) is 6.92 Å². The highest BCUT2D eigenvalue weighted by Gasteiger charge is 2.07. The molecule has 0 aliphatic carbocycles. The Bertz CT molecular complexity index is 356. The summed E-state index contributed by atoms with van der Waals surface area (Å²) in [5.41, 5.74) is 1.35. The Labute approximate surface area is 141 Å². The van der Waals surface area contributed by atoms with Crippen LogP contribution in [0, 0.1) is 5.92 Å². The molecule has 0 aromatic rings. The Balaban J connectivity index is 3.53. The van der Waals surface area contributed by atoms with Gasteiger partial charge in [0.15, 0.2) is 0 Å². The second-order valence-electron chi connectivity index (χ2n) is 6.40. The zero-order valence-corrected chi connectivity index (χ0v) is 15.4. The van der Waals surface area contributed by atoms with Crippen molar-refractivity contribution in [1.82, 2.24) is 0 Å². The first-order valence-electron chi connectivity index (χ1n) is 8.90. The van der Waals surface area contributed by atoms with Gasteiger partial charge in [-0.3, -0.25) is 9.59 Å². The molecule has 0 fully saturated rings. The Morgan fingerprint density at radius 1 is 0.957 bits per heavy atom. The van der Waals surface area contributed by atoms with Crippen molar-refractivity contribution >= 4 is 11.9 Å². The highest BCUT2D eigenvalue weighted by molar-refractivity contribution is 5.70. The van der Waals surface area contributed by atoms with Crippen LogP contribution >= 0.6 is 0 Å². The van der Waals surface area contributed by atoms with E-state index in [0.717, 1.165) is 25.7 Å². The smallest absolute Gasteiger partial charge is 0.305 e. The van der Waals surface area contributed by atoms with Crippen molar-refractivity contribution in [3.63, 3.8) is 0 Å². The van der Waals surface area contributed by atoms with E-state index >= 15 is 0 Å². The molecule has 0 amide bonds. The van der Waals surface area contributed by atoms with E-state index in [0.29, 0.717) is 44.8 Å². The van der Waals surface area contributed by atoms with E-state index in [4.69, 9.17) is 9.47 Å². The molecule has 0 spiro atoms. The minimum absolute atomic E-state index is 0.163. The summed E-state index contributed by atoms with van der Waals surface area (Å²) < 4.78 is 10.2. The first-order chi connectivity index (χ1) is 11.0. The molecule has 0 saturated carbocycles. The maximum absolute atomic E-state index is 11.6. The van der Waals surface area contributed by atoms with Crippen LogP contribution in [0.2, 0.25) is 0 Å². The molecule has 1 unspecified atom stereocenters. The van der Waals surface area contributed by atoms with Gasteiger partial charge >= 0.3 is 11.9 Å². The molecule has 0 saturated heterocycles. The summed E-state index contributed by atoms with van der Waals surface area (Å²) in [6.07, 6.45) is 8.33. The van der Waals surface area contributed by atoms with Gasteiger partial charge in [0.1, 0.15) is 0 Å². The van der Waals surface area contributed by atoms with Crippen LogP contribution in [0.1, 0.15) is 79.1 Å². The van der Waals surface area contributed by atoms with Crippen LogP contribution in [0.15, 0.2) is 11.6 Å². The fourth-order valence-corrected chi connectivity index (χ4v) is 2.07. The van der Waals surface area contributed by atoms with E-state index in [2.05, 4.69) is 26.8 Å². The van der Waals surface area contributed by atoms with E-state index in [1.165, 1.54) is 5.57 Å². The third-order valence-corrected chi connectivity index (χ3v) is 3.56. The first-order valence-corrected chi connectivity index (χ1v) is 8.90. The molecule has 0 aromatic carbocycles. The van der Waals surface area contributed by atoms with E-state index in [9.17, 15) is 9.59 Å². The van der Waals surface area contributed by atoms with Gasteiger partial charge in [-0.15, -0.1) is 0 Å². The van der Waals surface area contributed by atoms with Gasteiger partial charge in [-0.2, -0.15) is 0 Å². The molecule has 4 nitrogen and oxygen atoms in total. The number of allylic oxidation sites excluding steroid dienone is 2. The molecule has 0 aliphatic heterocycles. The summed E-state index contributed by atoms with van der Waals surface area (Å²) in [7, 11) is 0. The van der Waals surface area contributed by atoms with Gasteiger partial charge in [0, 0.05) is 12.8 Å². The van der Waals surface area contributed by atoms with Crippen molar-refractivity contribution in [2.45, 2.75) is 79.1 Å². The molecule has 0 aliphatic rings. The molecule has 134 valence electrons. The predicted octanol–water partition coefficient (Wildman–Crippen LogP) is 4.82. The zero-order valence-electron chi connectivity index (χ0n) is 15.4. The molecule has 0 rings (SSSR count). The van der Waals surface area contributed by atoms with E-state index < -0.39 is 0 Å². The Morgan fingerprint density at radius 3 is 2.04 bits per heavy atom. The van der Waals surface area contributed by atoms with Crippen LogP contribution in [-0.2, 0) is 19.1 Å². The minimum atomic E-state index is -0.176. The zero-order chi connectivity index (χ0) is 17.5. The third-order valence-electron chi connectivity index (χ3n) is 3.56. The van der Waals surface area contributed by atoms with Crippen molar-refractivity contribution in [3.05, 3.63) is 11.6 Å². The van der Waals surface area contributed by atoms with E-state index in [-0.39, 0.29) is 11.9 Å². The average molecular weight is 326 g/mol. The lowest BCUT2D eigenvalue weighted by Crippen LogP contribution is -2.09. The highest BCUT2D eigenvalue weighted by Crippen LogP contribution is 2.12. The molecule has 4 heteroatoms. The van der Waals surface area contributed by atoms with Gasteiger partial charge in [-0.25, -0.2) is 0 Å². The van der Waals surface area contributed by atoms with Crippen LogP contribution in [0.25, 0.3) is 0 Å². The van der Waals surface area contributed by atoms with Crippen molar-refractivity contribution in [3.8, 4) is 0 Å². The fraction of sp³-hybridized carbons (Fsp3) is 0.789. The van der Waals surface area contributed by atoms with Crippen LogP contribution in [-0.4, -0.2) is 25.2 Å². The number of rotatable bonds is 13. The summed E-state index contributed by atoms with van der Waals surface area (Å²) in [4.78, 5) is 22.9. The minimum Gasteiger partial charge on any atom is -0.466 e. The Kier molecular flexibility index (Phi) is 13.5. The number of hydrogen-bond acceptors (Lipinski definition) is 4. The number of ether oxygens (including phenoxy) is 2. The van der Waals surface area contributed by atoms with Crippen molar-refractivity contribution in [1.29, 1.82) is 0 Å². The quantitative estimate of drug-likeness (QED) is 0.277. The standard InChI is InChI=1S/C19H34O4/c1-5-14-22-18(20)11-6-7-12-19(21)23-15-13-17(4)10-8-9-16(2)3/h9,17H,5-8,10-15H2,1-4H3. The van der Waals surface area contributed by atoms with E-state index in [1.54, 1.807) is 0 Å². The Morgan fingerprint density at radius 2 is 1.52 bits per heavy atom. The van der Waals surface area contributed by atoms with Gasteiger partial charge in [0.05, 0.1) is 13.2 Å². The van der Waals surface area contributed by atoms with Crippen molar-refractivity contribution in [2.75, 3.05) is 13.2 Å². The molecule has 23 heavy (non-hydrogen) atoms. The topological polar surface area (TPSA) is 52.6 Å².